The number of aliphatic imine (C=N–C) groups is 1. The predicted octanol–water partition coefficient (Wildman–Crippen LogP) is 3.20. The third kappa shape index (κ3) is 4.75. The van der Waals surface area contributed by atoms with Gasteiger partial charge in [0.1, 0.15) is 12.1 Å². The third-order valence-electron chi connectivity index (χ3n) is 2.16. The fraction of sp³-hybridized carbons (Fsp3) is 0.154. The third-order valence-corrected chi connectivity index (χ3v) is 2.16. The van der Waals surface area contributed by atoms with Crippen molar-refractivity contribution in [1.82, 2.24) is 0 Å². The van der Waals surface area contributed by atoms with E-state index in [4.69, 9.17) is 0 Å². The van der Waals surface area contributed by atoms with E-state index in [0.717, 1.165) is 6.07 Å². The lowest BCUT2D eigenvalue weighted by molar-refractivity contribution is -0.140. The van der Waals surface area contributed by atoms with Gasteiger partial charge >= 0.3 is 6.18 Å². The Morgan fingerprint density at radius 1 is 1.25 bits per heavy atom. The van der Waals surface area contributed by atoms with Crippen molar-refractivity contribution in [3.05, 3.63) is 47.4 Å². The Labute approximate surface area is 111 Å². The minimum atomic E-state index is -4.76. The van der Waals surface area contributed by atoms with Gasteiger partial charge in [0.15, 0.2) is 5.78 Å². The van der Waals surface area contributed by atoms with Gasteiger partial charge in [-0.3, -0.25) is 14.6 Å². The van der Waals surface area contributed by atoms with E-state index in [1.165, 1.54) is 6.21 Å². The summed E-state index contributed by atoms with van der Waals surface area (Å²) >= 11 is 0. The summed E-state index contributed by atoms with van der Waals surface area (Å²) in [5.74, 6) is -1.29. The Hall–Kier alpha value is -2.31. The number of benzene rings is 1. The van der Waals surface area contributed by atoms with Crippen molar-refractivity contribution < 1.29 is 27.2 Å². The number of carbonyl (C=O) groups is 2. The molecule has 0 saturated carbocycles. The molecule has 0 saturated heterocycles. The fourth-order valence-electron chi connectivity index (χ4n) is 1.24. The number of rotatable bonds is 1. The first-order chi connectivity index (χ1) is 9.34. The van der Waals surface area contributed by atoms with Gasteiger partial charge in [-0.1, -0.05) is 6.08 Å². The molecule has 0 atom stereocenters. The molecule has 1 aromatic carbocycles. The first kappa shape index (κ1) is 15.7. The zero-order valence-corrected chi connectivity index (χ0v) is 10.0. The lowest BCUT2D eigenvalue weighted by Gasteiger charge is -2.07. The van der Waals surface area contributed by atoms with Crippen LogP contribution in [0.3, 0.4) is 0 Å². The normalized spacial score (nSPS) is 13.7. The molecule has 1 aromatic rings. The molecule has 0 radical (unpaired) electrons. The largest absolute Gasteiger partial charge is 0.419 e. The molecule has 3 nitrogen and oxygen atoms in total. The molecular weight excluding hydrogens is 278 g/mol. The van der Waals surface area contributed by atoms with Crippen LogP contribution in [-0.2, 0) is 11.0 Å². The standard InChI is InChI=1S/C8H4F4O.C5H5NO/c9-7-2-1-5(4-13)3-6(7)8(10,11)12;7-5-2-1-3-6-4-5/h1-4H;1,3-4H,2H2. The summed E-state index contributed by atoms with van der Waals surface area (Å²) in [6.07, 6.45) is 0.686. The number of allylic oxidation sites excluding steroid dienone is 1. The maximum Gasteiger partial charge on any atom is 0.419 e. The minimum absolute atomic E-state index is 0.0856. The summed E-state index contributed by atoms with van der Waals surface area (Å²) in [5, 5.41) is 0. The molecule has 0 fully saturated rings. The molecule has 20 heavy (non-hydrogen) atoms. The van der Waals surface area contributed by atoms with E-state index < -0.39 is 17.6 Å². The topological polar surface area (TPSA) is 46.5 Å². The number of hydrogen-bond donors (Lipinski definition) is 0. The van der Waals surface area contributed by atoms with Crippen LogP contribution in [0.15, 0.2) is 35.5 Å². The number of nitrogens with zero attached hydrogens (tertiary/aromatic N) is 1. The summed E-state index contributed by atoms with van der Waals surface area (Å²) in [6, 6.07) is 2.08. The van der Waals surface area contributed by atoms with Crippen LogP contribution in [0.2, 0.25) is 0 Å². The highest BCUT2D eigenvalue weighted by molar-refractivity contribution is 6.28. The van der Waals surface area contributed by atoms with Crippen molar-refractivity contribution in [3.8, 4) is 0 Å². The second kappa shape index (κ2) is 6.74. The molecule has 0 aliphatic carbocycles. The predicted molar refractivity (Wildman–Crippen MR) is 64.0 cm³/mol. The molecule has 7 heteroatoms. The quantitative estimate of drug-likeness (QED) is 0.588. The fourth-order valence-corrected chi connectivity index (χ4v) is 1.24. The lowest BCUT2D eigenvalue weighted by Crippen LogP contribution is -2.08. The monoisotopic (exact) mass is 287 g/mol. The number of ketones is 1. The molecular formula is C13H9F4NO2. The highest BCUT2D eigenvalue weighted by Gasteiger charge is 2.34. The molecule has 0 amide bonds. The second-order valence-electron chi connectivity index (χ2n) is 3.69. The van der Waals surface area contributed by atoms with Crippen LogP contribution in [0.25, 0.3) is 0 Å². The zero-order chi connectivity index (χ0) is 15.2. The molecule has 0 spiro atoms. The van der Waals surface area contributed by atoms with Crippen molar-refractivity contribution in [2.75, 3.05) is 0 Å². The minimum Gasteiger partial charge on any atom is -0.298 e. The maximum absolute atomic E-state index is 12.6. The molecule has 1 aliphatic rings. The van der Waals surface area contributed by atoms with Gasteiger partial charge in [0.2, 0.25) is 0 Å². The number of carbonyl (C=O) groups excluding carboxylic acids is 2. The first-order valence-electron chi connectivity index (χ1n) is 5.37. The van der Waals surface area contributed by atoms with Crippen LogP contribution in [0.1, 0.15) is 22.3 Å². The van der Waals surface area contributed by atoms with E-state index in [2.05, 4.69) is 4.99 Å². The molecule has 0 unspecified atom stereocenters. The van der Waals surface area contributed by atoms with Crippen molar-refractivity contribution in [3.63, 3.8) is 0 Å². The summed E-state index contributed by atoms with van der Waals surface area (Å²) in [7, 11) is 0. The highest BCUT2D eigenvalue weighted by Crippen LogP contribution is 2.31. The van der Waals surface area contributed by atoms with E-state index in [9.17, 15) is 27.2 Å². The Morgan fingerprint density at radius 3 is 2.35 bits per heavy atom. The Balaban J connectivity index is 0.000000240. The van der Waals surface area contributed by atoms with E-state index in [0.29, 0.717) is 18.6 Å². The molecule has 1 heterocycles. The van der Waals surface area contributed by atoms with Crippen molar-refractivity contribution >= 4 is 18.3 Å². The molecule has 0 bridgehead atoms. The van der Waals surface area contributed by atoms with E-state index in [1.807, 2.05) is 0 Å². The van der Waals surface area contributed by atoms with Crippen molar-refractivity contribution in [1.29, 1.82) is 0 Å². The summed E-state index contributed by atoms with van der Waals surface area (Å²) in [4.78, 5) is 24.0. The number of Topliss-reactive ketones (excluding diaryl/α,β-unsaturated/α-hetero) is 1. The average molecular weight is 287 g/mol. The van der Waals surface area contributed by atoms with Gasteiger partial charge in [-0.2, -0.15) is 13.2 Å². The Morgan fingerprint density at radius 2 is 1.95 bits per heavy atom. The number of hydrogen-bond acceptors (Lipinski definition) is 3. The smallest absolute Gasteiger partial charge is 0.298 e. The van der Waals surface area contributed by atoms with Crippen LogP contribution in [0, 0.1) is 5.82 Å². The molecule has 0 aromatic heterocycles. The first-order valence-corrected chi connectivity index (χ1v) is 5.37. The second-order valence-corrected chi connectivity index (χ2v) is 3.69. The Kier molecular flexibility index (Phi) is 5.31. The molecule has 0 N–H and O–H groups in total. The molecule has 1 aliphatic heterocycles. The van der Waals surface area contributed by atoms with E-state index >= 15 is 0 Å². The van der Waals surface area contributed by atoms with Crippen LogP contribution in [0.4, 0.5) is 17.6 Å². The van der Waals surface area contributed by atoms with Crippen molar-refractivity contribution in [2.45, 2.75) is 12.6 Å². The van der Waals surface area contributed by atoms with Crippen LogP contribution < -0.4 is 0 Å². The van der Waals surface area contributed by atoms with Crippen LogP contribution in [-0.4, -0.2) is 18.3 Å². The SMILES string of the molecule is O=C1C=NC=CC1.O=Cc1ccc(F)c(C(F)(F)F)c1. The van der Waals surface area contributed by atoms with Crippen LogP contribution >= 0.6 is 0 Å². The van der Waals surface area contributed by atoms with Crippen molar-refractivity contribution in [2.24, 2.45) is 4.99 Å². The average Bonchev–Trinajstić information content (AvgIpc) is 2.39. The zero-order valence-electron chi connectivity index (χ0n) is 10.0. The Bertz CT molecular complexity index is 562. The lowest BCUT2D eigenvalue weighted by atomic mass is 10.1. The van der Waals surface area contributed by atoms with Gasteiger partial charge in [-0.25, -0.2) is 4.39 Å². The van der Waals surface area contributed by atoms with Gasteiger partial charge in [-0.05, 0) is 18.2 Å². The van der Waals surface area contributed by atoms with Gasteiger partial charge in [0, 0.05) is 18.2 Å². The van der Waals surface area contributed by atoms with Gasteiger partial charge in [0.05, 0.1) is 11.8 Å². The number of aldehydes is 1. The summed E-state index contributed by atoms with van der Waals surface area (Å²) in [6.45, 7) is 0. The highest BCUT2D eigenvalue weighted by atomic mass is 19.4. The molecule has 106 valence electrons. The van der Waals surface area contributed by atoms with Gasteiger partial charge in [0.25, 0.3) is 0 Å². The number of halogens is 4. The summed E-state index contributed by atoms with van der Waals surface area (Å²) < 4.78 is 48.6. The van der Waals surface area contributed by atoms with E-state index in [-0.39, 0.29) is 17.6 Å². The van der Waals surface area contributed by atoms with Crippen LogP contribution in [0.5, 0.6) is 0 Å². The van der Waals surface area contributed by atoms with Gasteiger partial charge < -0.3 is 0 Å². The number of alkyl halides is 3. The maximum atomic E-state index is 12.6. The van der Waals surface area contributed by atoms with Gasteiger partial charge in [-0.15, -0.1) is 0 Å². The summed E-state index contributed by atoms with van der Waals surface area (Å²) in [5.41, 5.74) is -1.62. The van der Waals surface area contributed by atoms with E-state index in [1.54, 1.807) is 12.3 Å². The molecule has 2 rings (SSSR count).